The molecule has 0 saturated heterocycles. The number of nitrogens with zero attached hydrogens (tertiary/aromatic N) is 1. The van der Waals surface area contributed by atoms with E-state index in [0.29, 0.717) is 22.3 Å². The van der Waals surface area contributed by atoms with Gasteiger partial charge in [-0.15, -0.1) is 0 Å². The van der Waals surface area contributed by atoms with Gasteiger partial charge in [0.1, 0.15) is 23.7 Å². The highest BCUT2D eigenvalue weighted by molar-refractivity contribution is 6.05. The standard InChI is InChI=1S/C25H23NO4/c1-25(2)9-8-17-20(30-25)14-21(29-11-10-27)22-23(17)26(3)19-13-16-7-5-4-6-15(16)12-18(19)24(22)28/h4-9,12-14,27H,10-11H2,1-3H3. The highest BCUT2D eigenvalue weighted by Crippen LogP contribution is 2.41. The fourth-order valence-electron chi connectivity index (χ4n) is 4.26. The van der Waals surface area contributed by atoms with E-state index >= 15 is 0 Å². The number of aromatic nitrogens is 1. The Hall–Kier alpha value is -3.31. The zero-order valence-electron chi connectivity index (χ0n) is 17.2. The summed E-state index contributed by atoms with van der Waals surface area (Å²) in [6.45, 7) is 3.93. The van der Waals surface area contributed by atoms with E-state index in [1.807, 2.05) is 67.9 Å². The van der Waals surface area contributed by atoms with Crippen LogP contribution in [-0.2, 0) is 7.05 Å². The van der Waals surface area contributed by atoms with Gasteiger partial charge in [0.15, 0.2) is 0 Å². The van der Waals surface area contributed by atoms with E-state index in [0.717, 1.165) is 27.4 Å². The summed E-state index contributed by atoms with van der Waals surface area (Å²) in [4.78, 5) is 13.7. The SMILES string of the molecule is Cn1c2cc3ccccc3cc2c(=O)c2c(OCCO)cc3c(c21)C=CC(C)(C)O3. The molecule has 2 heterocycles. The van der Waals surface area contributed by atoms with Crippen LogP contribution in [0.3, 0.4) is 0 Å². The van der Waals surface area contributed by atoms with Crippen LogP contribution in [0.5, 0.6) is 11.5 Å². The van der Waals surface area contributed by atoms with Gasteiger partial charge in [0.05, 0.1) is 23.0 Å². The number of rotatable bonds is 3. The highest BCUT2D eigenvalue weighted by Gasteiger charge is 2.27. The van der Waals surface area contributed by atoms with Gasteiger partial charge in [-0.05, 0) is 48.9 Å². The van der Waals surface area contributed by atoms with Crippen molar-refractivity contribution in [3.05, 3.63) is 64.3 Å². The molecule has 0 atom stereocenters. The van der Waals surface area contributed by atoms with Crippen LogP contribution in [0.4, 0.5) is 0 Å². The quantitative estimate of drug-likeness (QED) is 0.517. The minimum atomic E-state index is -0.457. The van der Waals surface area contributed by atoms with Crippen molar-refractivity contribution in [2.24, 2.45) is 7.05 Å². The second kappa shape index (κ2) is 6.61. The van der Waals surface area contributed by atoms with Crippen molar-refractivity contribution in [2.45, 2.75) is 19.4 Å². The third kappa shape index (κ3) is 2.77. The largest absolute Gasteiger partial charge is 0.490 e. The molecule has 3 aromatic carbocycles. The van der Waals surface area contributed by atoms with Crippen LogP contribution in [0.2, 0.25) is 0 Å². The molecular formula is C25H23NO4. The second-order valence-corrected chi connectivity index (χ2v) is 8.23. The van der Waals surface area contributed by atoms with Crippen molar-refractivity contribution in [1.82, 2.24) is 4.57 Å². The first-order valence-corrected chi connectivity index (χ1v) is 10.0. The fraction of sp³-hybridized carbons (Fsp3) is 0.240. The molecule has 0 bridgehead atoms. The lowest BCUT2D eigenvalue weighted by molar-refractivity contribution is 0.157. The number of aliphatic hydroxyl groups is 1. The van der Waals surface area contributed by atoms with Gasteiger partial charge in [-0.2, -0.15) is 0 Å². The average molecular weight is 401 g/mol. The molecule has 0 radical (unpaired) electrons. The maximum atomic E-state index is 13.7. The second-order valence-electron chi connectivity index (χ2n) is 8.23. The van der Waals surface area contributed by atoms with E-state index in [1.165, 1.54) is 0 Å². The van der Waals surface area contributed by atoms with E-state index in [1.54, 1.807) is 6.07 Å². The first kappa shape index (κ1) is 18.7. The Labute approximate surface area is 173 Å². The summed E-state index contributed by atoms with van der Waals surface area (Å²) in [6, 6.07) is 13.8. The lowest BCUT2D eigenvalue weighted by Crippen LogP contribution is -2.28. The average Bonchev–Trinajstić information content (AvgIpc) is 2.73. The molecule has 152 valence electrons. The monoisotopic (exact) mass is 401 g/mol. The zero-order valence-corrected chi connectivity index (χ0v) is 17.2. The molecule has 4 aromatic rings. The zero-order chi connectivity index (χ0) is 21.0. The Morgan fingerprint density at radius 1 is 1.13 bits per heavy atom. The molecule has 0 saturated carbocycles. The van der Waals surface area contributed by atoms with Crippen molar-refractivity contribution in [3.63, 3.8) is 0 Å². The van der Waals surface area contributed by atoms with Crippen molar-refractivity contribution in [1.29, 1.82) is 0 Å². The Morgan fingerprint density at radius 2 is 1.87 bits per heavy atom. The lowest BCUT2D eigenvalue weighted by Gasteiger charge is -2.29. The summed E-state index contributed by atoms with van der Waals surface area (Å²) < 4.78 is 14.0. The van der Waals surface area contributed by atoms with Gasteiger partial charge in [-0.1, -0.05) is 24.3 Å². The van der Waals surface area contributed by atoms with Gasteiger partial charge in [0.2, 0.25) is 5.43 Å². The molecule has 5 nitrogen and oxygen atoms in total. The Morgan fingerprint density at radius 3 is 2.60 bits per heavy atom. The maximum absolute atomic E-state index is 13.7. The third-order valence-corrected chi connectivity index (χ3v) is 5.67. The molecule has 0 fully saturated rings. The van der Waals surface area contributed by atoms with Gasteiger partial charge in [-0.25, -0.2) is 0 Å². The van der Waals surface area contributed by atoms with Crippen LogP contribution in [0.25, 0.3) is 38.7 Å². The molecular weight excluding hydrogens is 378 g/mol. The number of aliphatic hydroxyl groups excluding tert-OH is 1. The van der Waals surface area contributed by atoms with Gasteiger partial charge in [-0.3, -0.25) is 4.79 Å². The predicted octanol–water partition coefficient (Wildman–Crippen LogP) is 4.40. The number of ether oxygens (including phenoxy) is 2. The molecule has 0 spiro atoms. The molecule has 5 heteroatoms. The maximum Gasteiger partial charge on any atom is 0.201 e. The van der Waals surface area contributed by atoms with E-state index in [9.17, 15) is 9.90 Å². The van der Waals surface area contributed by atoms with Gasteiger partial charge in [0, 0.05) is 24.1 Å². The van der Waals surface area contributed by atoms with Crippen molar-refractivity contribution in [3.8, 4) is 11.5 Å². The van der Waals surface area contributed by atoms with E-state index in [4.69, 9.17) is 9.47 Å². The Balaban J connectivity index is 1.96. The summed E-state index contributed by atoms with van der Waals surface area (Å²) in [5, 5.41) is 12.5. The van der Waals surface area contributed by atoms with E-state index in [2.05, 4.69) is 6.07 Å². The summed E-state index contributed by atoms with van der Waals surface area (Å²) in [6.07, 6.45) is 4.02. The topological polar surface area (TPSA) is 60.7 Å². The Bertz CT molecular complexity index is 1410. The molecule has 0 unspecified atom stereocenters. The van der Waals surface area contributed by atoms with Crippen LogP contribution in [-0.4, -0.2) is 28.5 Å². The van der Waals surface area contributed by atoms with Gasteiger partial charge in [0.25, 0.3) is 0 Å². The Kier molecular flexibility index (Phi) is 4.12. The number of benzene rings is 3. The number of pyridine rings is 1. The van der Waals surface area contributed by atoms with Crippen molar-refractivity contribution < 1.29 is 14.6 Å². The normalized spacial score (nSPS) is 14.8. The summed E-state index contributed by atoms with van der Waals surface area (Å²) in [5.41, 5.74) is 1.93. The first-order chi connectivity index (χ1) is 14.4. The van der Waals surface area contributed by atoms with Crippen molar-refractivity contribution in [2.75, 3.05) is 13.2 Å². The summed E-state index contributed by atoms with van der Waals surface area (Å²) in [5.74, 6) is 1.10. The summed E-state index contributed by atoms with van der Waals surface area (Å²) >= 11 is 0. The lowest BCUT2D eigenvalue weighted by atomic mass is 9.97. The third-order valence-electron chi connectivity index (χ3n) is 5.67. The van der Waals surface area contributed by atoms with Crippen molar-refractivity contribution >= 4 is 38.7 Å². The van der Waals surface area contributed by atoms with Crippen LogP contribution in [0, 0.1) is 0 Å². The van der Waals surface area contributed by atoms with Crippen LogP contribution in [0.1, 0.15) is 19.4 Å². The molecule has 1 aromatic heterocycles. The molecule has 0 amide bonds. The fourth-order valence-corrected chi connectivity index (χ4v) is 4.26. The number of fused-ring (bicyclic) bond motifs is 5. The molecule has 5 rings (SSSR count). The molecule has 30 heavy (non-hydrogen) atoms. The van der Waals surface area contributed by atoms with Gasteiger partial charge < -0.3 is 19.1 Å². The number of hydrogen-bond donors (Lipinski definition) is 1. The molecule has 0 aliphatic carbocycles. The smallest absolute Gasteiger partial charge is 0.201 e. The number of aryl methyl sites for hydroxylation is 1. The highest BCUT2D eigenvalue weighted by atomic mass is 16.5. The first-order valence-electron chi connectivity index (χ1n) is 10.0. The predicted molar refractivity (Wildman–Crippen MR) is 121 cm³/mol. The minimum absolute atomic E-state index is 0.0853. The molecule has 1 N–H and O–H groups in total. The molecule has 1 aliphatic rings. The van der Waals surface area contributed by atoms with Crippen LogP contribution in [0.15, 0.2) is 53.3 Å². The van der Waals surface area contributed by atoms with Gasteiger partial charge >= 0.3 is 0 Å². The minimum Gasteiger partial charge on any atom is -0.490 e. The number of hydrogen-bond acceptors (Lipinski definition) is 4. The van der Waals surface area contributed by atoms with Crippen LogP contribution < -0.4 is 14.9 Å². The summed E-state index contributed by atoms with van der Waals surface area (Å²) in [7, 11) is 1.96. The van der Waals surface area contributed by atoms with E-state index in [-0.39, 0.29) is 18.6 Å². The van der Waals surface area contributed by atoms with E-state index < -0.39 is 5.60 Å². The van der Waals surface area contributed by atoms with Crippen LogP contribution >= 0.6 is 0 Å². The molecule has 1 aliphatic heterocycles.